The lowest BCUT2D eigenvalue weighted by Gasteiger charge is -2.27. The first kappa shape index (κ1) is 13.2. The van der Waals surface area contributed by atoms with E-state index in [9.17, 15) is 13.2 Å². The van der Waals surface area contributed by atoms with Gasteiger partial charge >= 0.3 is 6.09 Å². The van der Waals surface area contributed by atoms with Crippen LogP contribution in [0.4, 0.5) is 4.79 Å². The average molecular weight is 290 g/mol. The van der Waals surface area contributed by atoms with Crippen LogP contribution < -0.4 is 0 Å². The number of amides is 1. The van der Waals surface area contributed by atoms with Crippen molar-refractivity contribution in [1.82, 2.24) is 4.31 Å². The van der Waals surface area contributed by atoms with Crippen LogP contribution >= 0.6 is 11.6 Å². The van der Waals surface area contributed by atoms with Crippen LogP contribution in [0.5, 0.6) is 0 Å². The molecule has 0 saturated carbocycles. The van der Waals surface area contributed by atoms with Crippen LogP contribution in [0, 0.1) is 0 Å². The van der Waals surface area contributed by atoms with Gasteiger partial charge in [-0.2, -0.15) is 0 Å². The highest BCUT2D eigenvalue weighted by atomic mass is 35.5. The summed E-state index contributed by atoms with van der Waals surface area (Å²) < 4.78 is 29.9. The lowest BCUT2D eigenvalue weighted by molar-refractivity contribution is 0.130. The maximum absolute atomic E-state index is 12.2. The van der Waals surface area contributed by atoms with Gasteiger partial charge in [0.15, 0.2) is 0 Å². The SMILES string of the molecule is CCOC(=O)N1CCc2cc(Cl)ccc2S1(=O)=O. The largest absolute Gasteiger partial charge is 0.449 e. The van der Waals surface area contributed by atoms with Gasteiger partial charge in [0, 0.05) is 11.6 Å². The Morgan fingerprint density at radius 3 is 2.89 bits per heavy atom. The summed E-state index contributed by atoms with van der Waals surface area (Å²) in [4.78, 5) is 11.7. The van der Waals surface area contributed by atoms with Crippen molar-refractivity contribution in [2.24, 2.45) is 0 Å². The Labute approximate surface area is 110 Å². The average Bonchev–Trinajstić information content (AvgIpc) is 2.28. The number of hydrogen-bond acceptors (Lipinski definition) is 4. The summed E-state index contributed by atoms with van der Waals surface area (Å²) in [5.74, 6) is 0. The van der Waals surface area contributed by atoms with Crippen molar-refractivity contribution in [1.29, 1.82) is 0 Å². The summed E-state index contributed by atoms with van der Waals surface area (Å²) in [6.07, 6.45) is -0.397. The number of rotatable bonds is 1. The van der Waals surface area contributed by atoms with E-state index in [1.165, 1.54) is 12.1 Å². The van der Waals surface area contributed by atoms with E-state index >= 15 is 0 Å². The highest BCUT2D eigenvalue weighted by Gasteiger charge is 2.35. The molecule has 0 aliphatic carbocycles. The van der Waals surface area contributed by atoms with E-state index in [0.29, 0.717) is 17.0 Å². The fourth-order valence-electron chi connectivity index (χ4n) is 1.84. The van der Waals surface area contributed by atoms with E-state index in [1.54, 1.807) is 13.0 Å². The third kappa shape index (κ3) is 2.18. The summed E-state index contributed by atoms with van der Waals surface area (Å²) in [6.45, 7) is 1.84. The number of fused-ring (bicyclic) bond motifs is 1. The first-order valence-corrected chi connectivity index (χ1v) is 7.26. The topological polar surface area (TPSA) is 63.7 Å². The number of carbonyl (C=O) groups is 1. The normalized spacial score (nSPS) is 17.1. The van der Waals surface area contributed by atoms with Crippen molar-refractivity contribution >= 4 is 27.7 Å². The molecule has 0 radical (unpaired) electrons. The summed E-state index contributed by atoms with van der Waals surface area (Å²) in [5.41, 5.74) is 0.628. The fraction of sp³-hybridized carbons (Fsp3) is 0.364. The summed E-state index contributed by atoms with van der Waals surface area (Å²) in [6, 6.07) is 4.52. The van der Waals surface area contributed by atoms with Gasteiger partial charge in [0.25, 0.3) is 10.0 Å². The third-order valence-electron chi connectivity index (χ3n) is 2.65. The lowest BCUT2D eigenvalue weighted by Crippen LogP contribution is -2.42. The Hall–Kier alpha value is -1.27. The molecular weight excluding hydrogens is 278 g/mol. The molecule has 0 bridgehead atoms. The Morgan fingerprint density at radius 1 is 1.50 bits per heavy atom. The molecule has 1 heterocycles. The maximum Gasteiger partial charge on any atom is 0.423 e. The number of halogens is 1. The van der Waals surface area contributed by atoms with Gasteiger partial charge in [-0.15, -0.1) is 0 Å². The molecule has 0 atom stereocenters. The van der Waals surface area contributed by atoms with Crippen LogP contribution in [-0.2, 0) is 21.2 Å². The Balaban J connectivity index is 2.43. The molecule has 0 N–H and O–H groups in total. The first-order valence-electron chi connectivity index (χ1n) is 5.44. The first-order chi connectivity index (χ1) is 8.46. The number of carbonyl (C=O) groups excluding carboxylic acids is 1. The van der Waals surface area contributed by atoms with E-state index in [2.05, 4.69) is 0 Å². The van der Waals surface area contributed by atoms with Crippen molar-refractivity contribution in [3.05, 3.63) is 28.8 Å². The van der Waals surface area contributed by atoms with Crippen molar-refractivity contribution in [3.8, 4) is 0 Å². The minimum atomic E-state index is -3.82. The van der Waals surface area contributed by atoms with Crippen LogP contribution in [0.3, 0.4) is 0 Å². The fourth-order valence-corrected chi connectivity index (χ4v) is 3.59. The second-order valence-corrected chi connectivity index (χ2v) is 6.05. The molecule has 0 saturated heterocycles. The zero-order valence-electron chi connectivity index (χ0n) is 9.72. The monoisotopic (exact) mass is 289 g/mol. The second-order valence-electron chi connectivity index (χ2n) is 3.78. The Kier molecular flexibility index (Phi) is 3.49. The molecule has 0 aromatic heterocycles. The molecule has 1 aliphatic heterocycles. The van der Waals surface area contributed by atoms with Crippen LogP contribution in [0.15, 0.2) is 23.1 Å². The molecular formula is C11H12ClNO4S. The minimum Gasteiger partial charge on any atom is -0.449 e. The minimum absolute atomic E-state index is 0.0779. The highest BCUT2D eigenvalue weighted by Crippen LogP contribution is 2.28. The molecule has 5 nitrogen and oxygen atoms in total. The standard InChI is InChI=1S/C11H12ClNO4S/c1-2-17-11(14)13-6-5-8-7-9(12)3-4-10(8)18(13,15)16/h3-4,7H,2,5-6H2,1H3. The Bertz CT molecular complexity index is 585. The molecule has 1 aromatic carbocycles. The molecule has 2 rings (SSSR count). The highest BCUT2D eigenvalue weighted by molar-refractivity contribution is 7.89. The molecule has 1 amide bonds. The lowest BCUT2D eigenvalue weighted by atomic mass is 10.1. The van der Waals surface area contributed by atoms with Gasteiger partial charge < -0.3 is 4.74 Å². The second kappa shape index (κ2) is 4.78. The van der Waals surface area contributed by atoms with Gasteiger partial charge in [0.2, 0.25) is 0 Å². The van der Waals surface area contributed by atoms with Crippen molar-refractivity contribution in [3.63, 3.8) is 0 Å². The molecule has 7 heteroatoms. The Morgan fingerprint density at radius 2 is 2.22 bits per heavy atom. The van der Waals surface area contributed by atoms with E-state index in [1.807, 2.05) is 0 Å². The van der Waals surface area contributed by atoms with Crippen LogP contribution in [-0.4, -0.2) is 32.0 Å². The maximum atomic E-state index is 12.2. The molecule has 18 heavy (non-hydrogen) atoms. The van der Waals surface area contributed by atoms with Gasteiger partial charge in [-0.25, -0.2) is 17.5 Å². The smallest absolute Gasteiger partial charge is 0.423 e. The molecule has 1 aliphatic rings. The quantitative estimate of drug-likeness (QED) is 0.794. The van der Waals surface area contributed by atoms with Gasteiger partial charge in [-0.1, -0.05) is 11.6 Å². The number of ether oxygens (including phenoxy) is 1. The van der Waals surface area contributed by atoms with Crippen molar-refractivity contribution in [2.75, 3.05) is 13.2 Å². The molecule has 0 spiro atoms. The van der Waals surface area contributed by atoms with E-state index in [0.717, 1.165) is 4.31 Å². The number of sulfonamides is 1. The summed E-state index contributed by atoms with van der Waals surface area (Å²) in [5, 5.41) is 0.480. The third-order valence-corrected chi connectivity index (χ3v) is 4.75. The van der Waals surface area contributed by atoms with Gasteiger partial charge in [0.05, 0.1) is 11.5 Å². The van der Waals surface area contributed by atoms with Crippen molar-refractivity contribution in [2.45, 2.75) is 18.2 Å². The van der Waals surface area contributed by atoms with Crippen LogP contribution in [0.1, 0.15) is 12.5 Å². The molecule has 98 valence electrons. The summed E-state index contributed by atoms with van der Waals surface area (Å²) in [7, 11) is -3.82. The number of benzene rings is 1. The molecule has 1 aromatic rings. The van der Waals surface area contributed by atoms with E-state index < -0.39 is 16.1 Å². The number of hydrogen-bond donors (Lipinski definition) is 0. The molecule has 0 unspecified atom stereocenters. The van der Waals surface area contributed by atoms with Gasteiger partial charge in [0.1, 0.15) is 0 Å². The predicted molar refractivity (Wildman–Crippen MR) is 66.1 cm³/mol. The van der Waals surface area contributed by atoms with Gasteiger partial charge in [-0.05, 0) is 37.1 Å². The summed E-state index contributed by atoms with van der Waals surface area (Å²) >= 11 is 5.82. The van der Waals surface area contributed by atoms with Gasteiger partial charge in [-0.3, -0.25) is 0 Å². The predicted octanol–water partition coefficient (Wildman–Crippen LogP) is 2.04. The van der Waals surface area contributed by atoms with Crippen LogP contribution in [0.25, 0.3) is 0 Å². The van der Waals surface area contributed by atoms with Crippen LogP contribution in [0.2, 0.25) is 5.02 Å². The number of nitrogens with zero attached hydrogens (tertiary/aromatic N) is 1. The van der Waals surface area contributed by atoms with E-state index in [-0.39, 0.29) is 18.0 Å². The van der Waals surface area contributed by atoms with E-state index in [4.69, 9.17) is 16.3 Å². The van der Waals surface area contributed by atoms with Crippen molar-refractivity contribution < 1.29 is 17.9 Å². The molecule has 0 fully saturated rings. The zero-order chi connectivity index (χ0) is 13.3. The zero-order valence-corrected chi connectivity index (χ0v) is 11.3.